The van der Waals surface area contributed by atoms with E-state index in [-0.39, 0.29) is 0 Å². The number of hydrogen-bond acceptors (Lipinski definition) is 10. The van der Waals surface area contributed by atoms with Gasteiger partial charge in [0.15, 0.2) is 0 Å². The molecule has 2 fully saturated rings. The van der Waals surface area contributed by atoms with Gasteiger partial charge in [-0.25, -0.2) is 0 Å². The number of aliphatic hydroxyl groups excluding tert-OH is 8. The van der Waals surface area contributed by atoms with Gasteiger partial charge in [-0.3, -0.25) is 0 Å². The van der Waals surface area contributed by atoms with Gasteiger partial charge < -0.3 is 50.3 Å². The van der Waals surface area contributed by atoms with E-state index in [1.54, 1.807) is 0 Å². The summed E-state index contributed by atoms with van der Waals surface area (Å²) in [4.78, 5) is 0. The first kappa shape index (κ1) is 17.9. The Morgan fingerprint density at radius 3 is 2.00 bits per heavy atom. The summed E-state index contributed by atoms with van der Waals surface area (Å²) in [5, 5.41) is 77.2. The molecule has 10 heteroatoms. The zero-order chi connectivity index (χ0) is 16.6. The van der Waals surface area contributed by atoms with Crippen LogP contribution in [-0.2, 0) is 9.47 Å². The number of ether oxygens (including phenoxy) is 2. The molecule has 0 saturated carbocycles. The van der Waals surface area contributed by atoms with E-state index in [9.17, 15) is 35.7 Å². The molecule has 2 rings (SSSR count). The van der Waals surface area contributed by atoms with Crippen molar-refractivity contribution in [2.75, 3.05) is 6.61 Å². The Balaban J connectivity index is 2.12. The van der Waals surface area contributed by atoms with Gasteiger partial charge in [0.25, 0.3) is 0 Å². The Hall–Kier alpha value is -0.400. The van der Waals surface area contributed by atoms with Crippen LogP contribution in [0.1, 0.15) is 0 Å². The van der Waals surface area contributed by atoms with Gasteiger partial charge in [-0.05, 0) is 0 Å². The summed E-state index contributed by atoms with van der Waals surface area (Å²) in [6.45, 7) is 0.144. The van der Waals surface area contributed by atoms with Crippen molar-refractivity contribution in [1.29, 1.82) is 0 Å². The van der Waals surface area contributed by atoms with Crippen molar-refractivity contribution in [1.82, 2.24) is 0 Å². The SMILES string of the molecule is OC[C@H]1O[C@@H](C(O)[C@@H]2O[CH][C@@H](O)[C@H](O)[C@H]2O)[C@H](O)[C@@H](O)[C@@H]1O. The zero-order valence-corrected chi connectivity index (χ0v) is 11.5. The predicted molar refractivity (Wildman–Crippen MR) is 67.0 cm³/mol. The highest BCUT2D eigenvalue weighted by atomic mass is 16.6. The fourth-order valence-electron chi connectivity index (χ4n) is 2.61. The lowest BCUT2D eigenvalue weighted by Crippen LogP contribution is -2.66. The molecule has 129 valence electrons. The molecule has 8 N–H and O–H groups in total. The highest BCUT2D eigenvalue weighted by Gasteiger charge is 2.51. The summed E-state index contributed by atoms with van der Waals surface area (Å²) in [5.41, 5.74) is 0. The fourth-order valence-corrected chi connectivity index (χ4v) is 2.61. The Kier molecular flexibility index (Phi) is 5.72. The Morgan fingerprint density at radius 1 is 0.818 bits per heavy atom. The highest BCUT2D eigenvalue weighted by molar-refractivity contribution is 5.01. The van der Waals surface area contributed by atoms with E-state index >= 15 is 0 Å². The lowest BCUT2D eigenvalue weighted by atomic mass is 9.87. The maximum absolute atomic E-state index is 10.2. The molecule has 1 unspecified atom stereocenters. The largest absolute Gasteiger partial charge is 0.394 e. The van der Waals surface area contributed by atoms with Crippen LogP contribution in [0.2, 0.25) is 0 Å². The Labute approximate surface area is 125 Å². The molecule has 2 saturated heterocycles. The van der Waals surface area contributed by atoms with Gasteiger partial charge in [-0.1, -0.05) is 0 Å². The van der Waals surface area contributed by atoms with Crippen molar-refractivity contribution in [2.45, 2.75) is 61.0 Å². The van der Waals surface area contributed by atoms with Gasteiger partial charge in [0.2, 0.25) is 0 Å². The molecule has 0 spiro atoms. The summed E-state index contributed by atoms with van der Waals surface area (Å²) in [5.74, 6) is 0. The van der Waals surface area contributed by atoms with E-state index in [2.05, 4.69) is 0 Å². The third-order valence-electron chi connectivity index (χ3n) is 4.01. The minimum atomic E-state index is -1.72. The maximum Gasteiger partial charge on any atom is 0.115 e. The van der Waals surface area contributed by atoms with Crippen LogP contribution in [0, 0.1) is 6.61 Å². The lowest BCUT2D eigenvalue weighted by Gasteiger charge is -2.45. The van der Waals surface area contributed by atoms with Crippen LogP contribution >= 0.6 is 0 Å². The number of rotatable bonds is 3. The van der Waals surface area contributed by atoms with Crippen LogP contribution in [0.25, 0.3) is 0 Å². The molecular formula is C12H21O10. The van der Waals surface area contributed by atoms with Gasteiger partial charge in [0.1, 0.15) is 67.6 Å². The molecule has 2 heterocycles. The van der Waals surface area contributed by atoms with Crippen molar-refractivity contribution < 1.29 is 50.3 Å². The third kappa shape index (κ3) is 3.12. The average Bonchev–Trinajstić information content (AvgIpc) is 2.50. The minimum Gasteiger partial charge on any atom is -0.394 e. The lowest BCUT2D eigenvalue weighted by molar-refractivity contribution is -0.272. The summed E-state index contributed by atoms with van der Waals surface area (Å²) in [6.07, 6.45) is -15.6. The molecule has 10 atom stereocenters. The van der Waals surface area contributed by atoms with Gasteiger partial charge in [0, 0.05) is 0 Å². The molecule has 22 heavy (non-hydrogen) atoms. The smallest absolute Gasteiger partial charge is 0.115 e. The average molecular weight is 325 g/mol. The summed E-state index contributed by atoms with van der Waals surface area (Å²) < 4.78 is 10.1. The second-order valence-electron chi connectivity index (χ2n) is 5.49. The predicted octanol–water partition coefficient (Wildman–Crippen LogP) is -5.17. The van der Waals surface area contributed by atoms with E-state index in [0.717, 1.165) is 6.61 Å². The molecule has 0 bridgehead atoms. The second-order valence-corrected chi connectivity index (χ2v) is 5.49. The van der Waals surface area contributed by atoms with Crippen LogP contribution in [0.3, 0.4) is 0 Å². The van der Waals surface area contributed by atoms with Gasteiger partial charge in [-0.2, -0.15) is 0 Å². The van der Waals surface area contributed by atoms with Crippen LogP contribution < -0.4 is 0 Å². The Bertz CT molecular complexity index is 366. The standard InChI is InChI=1S/C12H21O10/c13-1-4-6(16)7(17)9(19)12(22-4)10(20)11-8(18)5(15)3(14)2-21-11/h2-20H,1H2/t3-,4-,5+,6-,7+,8-,9-,10?,11-,12-/m1/s1. The molecule has 10 nitrogen and oxygen atoms in total. The van der Waals surface area contributed by atoms with Crippen molar-refractivity contribution in [3.8, 4) is 0 Å². The number of hydrogen-bond donors (Lipinski definition) is 8. The minimum absolute atomic E-state index is 0.671. The molecule has 1 radical (unpaired) electrons. The van der Waals surface area contributed by atoms with Crippen LogP contribution in [0.15, 0.2) is 0 Å². The van der Waals surface area contributed by atoms with E-state index in [1.165, 1.54) is 0 Å². The molecule has 0 aromatic carbocycles. The quantitative estimate of drug-likeness (QED) is 0.250. The monoisotopic (exact) mass is 325 g/mol. The van der Waals surface area contributed by atoms with Crippen molar-refractivity contribution in [3.05, 3.63) is 6.61 Å². The summed E-state index contributed by atoms with van der Waals surface area (Å²) in [6, 6.07) is 0. The molecular weight excluding hydrogens is 304 g/mol. The molecule has 2 aliphatic rings. The fraction of sp³-hybridized carbons (Fsp3) is 0.917. The first-order chi connectivity index (χ1) is 10.3. The van der Waals surface area contributed by atoms with E-state index in [0.29, 0.717) is 0 Å². The van der Waals surface area contributed by atoms with E-state index in [4.69, 9.17) is 14.6 Å². The van der Waals surface area contributed by atoms with Crippen molar-refractivity contribution >= 4 is 0 Å². The van der Waals surface area contributed by atoms with Gasteiger partial charge in [0.05, 0.1) is 6.61 Å². The number of aliphatic hydroxyl groups is 8. The molecule has 0 aliphatic carbocycles. The molecule has 2 aliphatic heterocycles. The first-order valence-corrected chi connectivity index (χ1v) is 6.81. The van der Waals surface area contributed by atoms with E-state index in [1.807, 2.05) is 0 Å². The summed E-state index contributed by atoms with van der Waals surface area (Å²) in [7, 11) is 0. The topological polar surface area (TPSA) is 180 Å². The van der Waals surface area contributed by atoms with Crippen LogP contribution in [0.4, 0.5) is 0 Å². The summed E-state index contributed by atoms with van der Waals surface area (Å²) >= 11 is 0. The van der Waals surface area contributed by atoms with E-state index < -0.39 is 67.6 Å². The second kappa shape index (κ2) is 7.01. The zero-order valence-electron chi connectivity index (χ0n) is 11.5. The third-order valence-corrected chi connectivity index (χ3v) is 4.01. The van der Waals surface area contributed by atoms with Crippen molar-refractivity contribution in [2.24, 2.45) is 0 Å². The van der Waals surface area contributed by atoms with Crippen LogP contribution in [0.5, 0.6) is 0 Å². The first-order valence-electron chi connectivity index (χ1n) is 6.81. The molecule has 0 aromatic heterocycles. The van der Waals surface area contributed by atoms with Crippen LogP contribution in [-0.4, -0.2) is 108 Å². The maximum atomic E-state index is 10.2. The molecule has 0 amide bonds. The van der Waals surface area contributed by atoms with Gasteiger partial charge in [-0.15, -0.1) is 0 Å². The Morgan fingerprint density at radius 2 is 1.41 bits per heavy atom. The van der Waals surface area contributed by atoms with Gasteiger partial charge >= 0.3 is 0 Å². The molecule has 0 aromatic rings. The normalized spacial score (nSPS) is 51.5. The highest BCUT2D eigenvalue weighted by Crippen LogP contribution is 2.29. The van der Waals surface area contributed by atoms with Crippen molar-refractivity contribution in [3.63, 3.8) is 0 Å².